The highest BCUT2D eigenvalue weighted by Gasteiger charge is 2.42. The summed E-state index contributed by atoms with van der Waals surface area (Å²) >= 11 is 6.25. The lowest BCUT2D eigenvalue weighted by atomic mass is 9.79. The number of halogens is 1. The first-order valence-corrected chi connectivity index (χ1v) is 6.44. The van der Waals surface area contributed by atoms with Crippen LogP contribution in [-0.4, -0.2) is 27.5 Å². The maximum atomic E-state index is 10.1. The second-order valence-electron chi connectivity index (χ2n) is 5.12. The van der Waals surface area contributed by atoms with Crippen molar-refractivity contribution in [3.63, 3.8) is 0 Å². The molecule has 1 saturated carbocycles. The Morgan fingerprint density at radius 3 is 2.76 bits per heavy atom. The summed E-state index contributed by atoms with van der Waals surface area (Å²) in [6, 6.07) is 0. The molecule has 4 nitrogen and oxygen atoms in total. The van der Waals surface area contributed by atoms with Gasteiger partial charge in [-0.25, -0.2) is 0 Å². The first kappa shape index (κ1) is 12.9. The number of aryl methyl sites for hydroxylation is 2. The van der Waals surface area contributed by atoms with E-state index in [-0.39, 0.29) is 11.5 Å². The Balaban J connectivity index is 2.30. The highest BCUT2D eigenvalue weighted by Crippen LogP contribution is 2.41. The van der Waals surface area contributed by atoms with E-state index in [1.807, 2.05) is 14.0 Å². The molecule has 1 heterocycles. The van der Waals surface area contributed by atoms with Crippen LogP contribution in [0.5, 0.6) is 0 Å². The molecule has 0 radical (unpaired) electrons. The maximum Gasteiger partial charge on any atom is 0.0847 e. The van der Waals surface area contributed by atoms with Crippen LogP contribution < -0.4 is 5.73 Å². The van der Waals surface area contributed by atoms with Crippen molar-refractivity contribution in [2.45, 2.75) is 38.7 Å². The third-order valence-corrected chi connectivity index (χ3v) is 4.54. The zero-order valence-electron chi connectivity index (χ0n) is 10.4. The average molecular weight is 258 g/mol. The van der Waals surface area contributed by atoms with E-state index in [4.69, 9.17) is 17.3 Å². The van der Waals surface area contributed by atoms with Crippen LogP contribution >= 0.6 is 11.6 Å². The molecule has 96 valence electrons. The fraction of sp³-hybridized carbons (Fsp3) is 0.750. The molecule has 0 spiro atoms. The lowest BCUT2D eigenvalue weighted by molar-refractivity contribution is 0.0575. The fourth-order valence-electron chi connectivity index (χ4n) is 2.84. The van der Waals surface area contributed by atoms with E-state index in [9.17, 15) is 5.11 Å². The molecule has 0 aromatic carbocycles. The van der Waals surface area contributed by atoms with Gasteiger partial charge in [0.05, 0.1) is 22.5 Å². The summed E-state index contributed by atoms with van der Waals surface area (Å²) < 4.78 is 1.81. The van der Waals surface area contributed by atoms with Gasteiger partial charge < -0.3 is 10.8 Å². The number of aliphatic hydroxyl groups excluding tert-OH is 1. The van der Waals surface area contributed by atoms with Crippen molar-refractivity contribution in [2.75, 3.05) is 6.54 Å². The third kappa shape index (κ3) is 2.09. The molecule has 1 fully saturated rings. The van der Waals surface area contributed by atoms with Crippen LogP contribution in [-0.2, 0) is 13.5 Å². The highest BCUT2D eigenvalue weighted by atomic mass is 35.5. The van der Waals surface area contributed by atoms with Crippen LogP contribution in [0.15, 0.2) is 0 Å². The van der Waals surface area contributed by atoms with Gasteiger partial charge in [0.25, 0.3) is 0 Å². The van der Waals surface area contributed by atoms with E-state index in [0.717, 1.165) is 30.7 Å². The summed E-state index contributed by atoms with van der Waals surface area (Å²) in [7, 11) is 1.89. The van der Waals surface area contributed by atoms with Gasteiger partial charge in [0.15, 0.2) is 0 Å². The molecule has 1 aromatic rings. The van der Waals surface area contributed by atoms with Gasteiger partial charge in [-0.15, -0.1) is 0 Å². The molecule has 2 rings (SSSR count). The topological polar surface area (TPSA) is 64.1 Å². The second kappa shape index (κ2) is 4.59. The molecule has 0 amide bonds. The standard InChI is InChI=1S/C12H20ClN3O/c1-8-11(13)9(16(2)15-8)6-12(7-14)5-3-4-10(12)17/h10,17H,3-7,14H2,1-2H3. The van der Waals surface area contributed by atoms with Gasteiger partial charge in [-0.1, -0.05) is 18.0 Å². The van der Waals surface area contributed by atoms with E-state index in [0.29, 0.717) is 18.0 Å². The van der Waals surface area contributed by atoms with Crippen LogP contribution in [0.1, 0.15) is 30.7 Å². The van der Waals surface area contributed by atoms with Crippen molar-refractivity contribution in [1.82, 2.24) is 9.78 Å². The molecule has 0 aliphatic heterocycles. The van der Waals surface area contributed by atoms with Gasteiger partial charge in [0, 0.05) is 25.4 Å². The van der Waals surface area contributed by atoms with Crippen LogP contribution in [0.4, 0.5) is 0 Å². The van der Waals surface area contributed by atoms with Crippen molar-refractivity contribution in [3.05, 3.63) is 16.4 Å². The summed E-state index contributed by atoms with van der Waals surface area (Å²) in [5, 5.41) is 15.1. The van der Waals surface area contributed by atoms with Crippen molar-refractivity contribution in [3.8, 4) is 0 Å². The SMILES string of the molecule is Cc1nn(C)c(CC2(CN)CCCC2O)c1Cl. The first-order valence-electron chi connectivity index (χ1n) is 6.06. The molecule has 2 atom stereocenters. The van der Waals surface area contributed by atoms with Gasteiger partial charge in [0.1, 0.15) is 0 Å². The molecule has 2 unspecified atom stereocenters. The Morgan fingerprint density at radius 2 is 2.35 bits per heavy atom. The molecule has 0 saturated heterocycles. The molecular weight excluding hydrogens is 238 g/mol. The van der Waals surface area contributed by atoms with Crippen LogP contribution in [0.25, 0.3) is 0 Å². The Morgan fingerprint density at radius 1 is 1.65 bits per heavy atom. The van der Waals surface area contributed by atoms with E-state index >= 15 is 0 Å². The Hall–Kier alpha value is -0.580. The van der Waals surface area contributed by atoms with Crippen molar-refractivity contribution in [1.29, 1.82) is 0 Å². The summed E-state index contributed by atoms with van der Waals surface area (Å²) in [5.74, 6) is 0. The van der Waals surface area contributed by atoms with Crippen LogP contribution in [0.3, 0.4) is 0 Å². The zero-order chi connectivity index (χ0) is 12.6. The molecule has 5 heteroatoms. The van der Waals surface area contributed by atoms with Gasteiger partial charge in [-0.2, -0.15) is 5.10 Å². The zero-order valence-corrected chi connectivity index (χ0v) is 11.2. The summed E-state index contributed by atoms with van der Waals surface area (Å²) in [6.45, 7) is 2.39. The molecular formula is C12H20ClN3O. The lowest BCUT2D eigenvalue weighted by Gasteiger charge is -2.31. The Labute approximate surface area is 107 Å². The number of nitrogens with zero attached hydrogens (tertiary/aromatic N) is 2. The van der Waals surface area contributed by atoms with E-state index in [1.165, 1.54) is 0 Å². The smallest absolute Gasteiger partial charge is 0.0847 e. The molecule has 17 heavy (non-hydrogen) atoms. The minimum atomic E-state index is -0.321. The lowest BCUT2D eigenvalue weighted by Crippen LogP contribution is -2.40. The monoisotopic (exact) mass is 257 g/mol. The van der Waals surface area contributed by atoms with E-state index in [1.54, 1.807) is 4.68 Å². The number of nitrogens with two attached hydrogens (primary N) is 1. The van der Waals surface area contributed by atoms with Gasteiger partial charge in [0.2, 0.25) is 0 Å². The van der Waals surface area contributed by atoms with Crippen LogP contribution in [0, 0.1) is 12.3 Å². The van der Waals surface area contributed by atoms with Crippen molar-refractivity contribution < 1.29 is 5.11 Å². The van der Waals surface area contributed by atoms with Gasteiger partial charge in [-0.3, -0.25) is 4.68 Å². The minimum Gasteiger partial charge on any atom is -0.392 e. The fourth-order valence-corrected chi connectivity index (χ4v) is 3.07. The average Bonchev–Trinajstić information content (AvgIpc) is 2.76. The van der Waals surface area contributed by atoms with Gasteiger partial charge >= 0.3 is 0 Å². The van der Waals surface area contributed by atoms with Crippen LogP contribution in [0.2, 0.25) is 5.02 Å². The number of aromatic nitrogens is 2. The normalized spacial score (nSPS) is 28.9. The quantitative estimate of drug-likeness (QED) is 0.861. The molecule has 1 aliphatic carbocycles. The summed E-state index contributed by atoms with van der Waals surface area (Å²) in [4.78, 5) is 0. The molecule has 1 aliphatic rings. The number of rotatable bonds is 3. The Bertz CT molecular complexity index is 418. The maximum absolute atomic E-state index is 10.1. The Kier molecular flexibility index (Phi) is 3.48. The molecule has 3 N–H and O–H groups in total. The van der Waals surface area contributed by atoms with E-state index in [2.05, 4.69) is 5.10 Å². The first-order chi connectivity index (χ1) is 8.00. The number of aliphatic hydroxyl groups is 1. The summed E-state index contributed by atoms with van der Waals surface area (Å²) in [6.07, 6.45) is 3.23. The number of hydrogen-bond acceptors (Lipinski definition) is 3. The van der Waals surface area contributed by atoms with Gasteiger partial charge in [-0.05, 0) is 19.8 Å². The molecule has 1 aromatic heterocycles. The second-order valence-corrected chi connectivity index (χ2v) is 5.50. The number of hydrogen-bond donors (Lipinski definition) is 2. The predicted octanol–water partition coefficient (Wildman–Crippen LogP) is 1.41. The highest BCUT2D eigenvalue weighted by molar-refractivity contribution is 6.31. The minimum absolute atomic E-state index is 0.218. The summed E-state index contributed by atoms with van der Waals surface area (Å²) in [5.41, 5.74) is 7.48. The van der Waals surface area contributed by atoms with Crippen molar-refractivity contribution >= 4 is 11.6 Å². The largest absolute Gasteiger partial charge is 0.392 e. The predicted molar refractivity (Wildman–Crippen MR) is 68.0 cm³/mol. The van der Waals surface area contributed by atoms with E-state index < -0.39 is 0 Å². The molecule has 0 bridgehead atoms. The van der Waals surface area contributed by atoms with Crippen molar-refractivity contribution in [2.24, 2.45) is 18.2 Å². The third-order valence-electron chi connectivity index (χ3n) is 4.05.